The van der Waals surface area contributed by atoms with Gasteiger partial charge in [-0.15, -0.1) is 0 Å². The van der Waals surface area contributed by atoms with Gasteiger partial charge in [-0.05, 0) is 6.42 Å². The topological polar surface area (TPSA) is 63.3 Å². The molecule has 0 aliphatic carbocycles. The minimum Gasteiger partial charge on any atom is -0.480 e. The van der Waals surface area contributed by atoms with E-state index in [-0.39, 0.29) is 4.75 Å². The molecule has 4 heteroatoms. The molecule has 0 unspecified atom stereocenters. The summed E-state index contributed by atoms with van der Waals surface area (Å²) < 4.78 is 0.132. The van der Waals surface area contributed by atoms with Gasteiger partial charge in [0.1, 0.15) is 6.04 Å². The summed E-state index contributed by atoms with van der Waals surface area (Å²) in [4.78, 5) is 10.4. The first-order valence-electron chi connectivity index (χ1n) is 4.01. The number of aliphatic carboxylic acids is 1. The van der Waals surface area contributed by atoms with E-state index in [1.165, 1.54) is 0 Å². The molecule has 0 aromatic carbocycles. The van der Waals surface area contributed by atoms with Crippen molar-refractivity contribution < 1.29 is 9.90 Å². The van der Waals surface area contributed by atoms with Crippen molar-refractivity contribution >= 4 is 17.7 Å². The van der Waals surface area contributed by atoms with Gasteiger partial charge in [-0.25, -0.2) is 0 Å². The molecule has 0 fully saturated rings. The molecule has 0 aromatic heterocycles. The lowest BCUT2D eigenvalue weighted by molar-refractivity contribution is -0.137. The Bertz CT molecular complexity index is 159. The maximum atomic E-state index is 10.4. The fourth-order valence-electron chi connectivity index (χ4n) is 0.489. The predicted octanol–water partition coefficient (Wildman–Crippen LogP) is 1.32. The zero-order valence-electron chi connectivity index (χ0n) is 7.83. The predicted molar refractivity (Wildman–Crippen MR) is 52.4 cm³/mol. The third kappa shape index (κ3) is 4.62. The molecule has 0 saturated carbocycles. The van der Waals surface area contributed by atoms with Gasteiger partial charge in [-0.3, -0.25) is 4.79 Å². The Morgan fingerprint density at radius 1 is 1.67 bits per heavy atom. The van der Waals surface area contributed by atoms with Crippen LogP contribution in [0.2, 0.25) is 0 Å². The van der Waals surface area contributed by atoms with E-state index in [0.717, 1.165) is 6.42 Å². The lowest BCUT2D eigenvalue weighted by Crippen LogP contribution is -2.34. The number of carboxylic acid groups (broad SMARTS) is 1. The van der Waals surface area contributed by atoms with E-state index in [4.69, 9.17) is 10.8 Å². The maximum absolute atomic E-state index is 10.4. The summed E-state index contributed by atoms with van der Waals surface area (Å²) >= 11 is 1.61. The monoisotopic (exact) mass is 191 g/mol. The van der Waals surface area contributed by atoms with Crippen LogP contribution in [-0.4, -0.2) is 27.6 Å². The fourth-order valence-corrected chi connectivity index (χ4v) is 1.47. The Kier molecular flexibility index (Phi) is 4.63. The molecule has 0 aliphatic heterocycles. The van der Waals surface area contributed by atoms with Crippen molar-refractivity contribution in [2.45, 2.75) is 38.0 Å². The SMILES string of the molecule is CCC(C)(C)SC[C@@H](N)C(=O)O. The number of carboxylic acids is 1. The third-order valence-corrected chi connectivity index (χ3v) is 3.42. The van der Waals surface area contributed by atoms with Crippen LogP contribution in [0, 0.1) is 0 Å². The van der Waals surface area contributed by atoms with Gasteiger partial charge in [0.15, 0.2) is 0 Å². The molecule has 3 nitrogen and oxygen atoms in total. The van der Waals surface area contributed by atoms with Crippen LogP contribution >= 0.6 is 11.8 Å². The average Bonchev–Trinajstić information content (AvgIpc) is 2.00. The lowest BCUT2D eigenvalue weighted by Gasteiger charge is -2.22. The summed E-state index contributed by atoms with van der Waals surface area (Å²) in [5.74, 6) is -0.440. The van der Waals surface area contributed by atoms with E-state index in [9.17, 15) is 4.79 Å². The molecule has 72 valence electrons. The van der Waals surface area contributed by atoms with Gasteiger partial charge in [-0.1, -0.05) is 20.8 Å². The van der Waals surface area contributed by atoms with Crippen molar-refractivity contribution in [1.82, 2.24) is 0 Å². The van der Waals surface area contributed by atoms with Gasteiger partial charge in [-0.2, -0.15) is 11.8 Å². The summed E-state index contributed by atoms with van der Waals surface area (Å²) in [7, 11) is 0. The van der Waals surface area contributed by atoms with E-state index < -0.39 is 12.0 Å². The normalized spacial score (nSPS) is 14.3. The van der Waals surface area contributed by atoms with Gasteiger partial charge in [0.2, 0.25) is 0 Å². The molecule has 0 spiro atoms. The molecule has 12 heavy (non-hydrogen) atoms. The van der Waals surface area contributed by atoms with Gasteiger partial charge in [0.05, 0.1) is 0 Å². The number of hydrogen-bond donors (Lipinski definition) is 2. The highest BCUT2D eigenvalue weighted by molar-refractivity contribution is 8.00. The van der Waals surface area contributed by atoms with Gasteiger partial charge < -0.3 is 10.8 Å². The van der Waals surface area contributed by atoms with Crippen molar-refractivity contribution in [2.75, 3.05) is 5.75 Å². The Morgan fingerprint density at radius 2 is 2.17 bits per heavy atom. The first kappa shape index (κ1) is 11.8. The van der Waals surface area contributed by atoms with Gasteiger partial charge >= 0.3 is 5.97 Å². The summed E-state index contributed by atoms with van der Waals surface area (Å²) in [5, 5.41) is 8.51. The Balaban J connectivity index is 3.75. The van der Waals surface area contributed by atoms with Crippen LogP contribution in [0.5, 0.6) is 0 Å². The smallest absolute Gasteiger partial charge is 0.321 e. The summed E-state index contributed by atoms with van der Waals surface area (Å²) in [5.41, 5.74) is 5.36. The van der Waals surface area contributed by atoms with E-state index in [1.807, 2.05) is 0 Å². The minimum atomic E-state index is -0.922. The van der Waals surface area contributed by atoms with Crippen LogP contribution in [0.1, 0.15) is 27.2 Å². The molecule has 0 aliphatic rings. The maximum Gasteiger partial charge on any atom is 0.321 e. The van der Waals surface area contributed by atoms with Gasteiger partial charge in [0, 0.05) is 10.5 Å². The van der Waals surface area contributed by atoms with Crippen molar-refractivity contribution in [3.8, 4) is 0 Å². The fraction of sp³-hybridized carbons (Fsp3) is 0.875. The highest BCUT2D eigenvalue weighted by Crippen LogP contribution is 2.27. The zero-order chi connectivity index (χ0) is 9.78. The van der Waals surface area contributed by atoms with Crippen LogP contribution in [0.15, 0.2) is 0 Å². The number of thioether (sulfide) groups is 1. The van der Waals surface area contributed by atoms with E-state index >= 15 is 0 Å². The molecule has 0 heterocycles. The standard InChI is InChI=1S/C8H17NO2S/c1-4-8(2,3)12-5-6(9)7(10)11/h6H,4-5,9H2,1-3H3,(H,10,11)/t6-/m1/s1. The molecular formula is C8H17NO2S. The average molecular weight is 191 g/mol. The first-order chi connectivity index (χ1) is 5.39. The largest absolute Gasteiger partial charge is 0.480 e. The van der Waals surface area contributed by atoms with Crippen molar-refractivity contribution in [3.63, 3.8) is 0 Å². The molecule has 0 rings (SSSR count). The van der Waals surface area contributed by atoms with Crippen LogP contribution in [0.25, 0.3) is 0 Å². The number of nitrogens with two attached hydrogens (primary N) is 1. The van der Waals surface area contributed by atoms with Gasteiger partial charge in [0.25, 0.3) is 0 Å². The highest BCUT2D eigenvalue weighted by atomic mass is 32.2. The lowest BCUT2D eigenvalue weighted by atomic mass is 10.1. The van der Waals surface area contributed by atoms with Crippen molar-refractivity contribution in [3.05, 3.63) is 0 Å². The van der Waals surface area contributed by atoms with Crippen LogP contribution in [0.4, 0.5) is 0 Å². The highest BCUT2D eigenvalue weighted by Gasteiger charge is 2.19. The Labute approximate surface area is 77.7 Å². The first-order valence-corrected chi connectivity index (χ1v) is 5.00. The van der Waals surface area contributed by atoms with E-state index in [1.54, 1.807) is 11.8 Å². The van der Waals surface area contributed by atoms with Crippen molar-refractivity contribution in [1.29, 1.82) is 0 Å². The molecule has 0 radical (unpaired) electrons. The molecule has 3 N–H and O–H groups in total. The molecule has 0 aromatic rings. The molecule has 0 bridgehead atoms. The summed E-state index contributed by atoms with van der Waals surface area (Å²) in [6.45, 7) is 6.26. The van der Waals surface area contributed by atoms with Crippen LogP contribution in [0.3, 0.4) is 0 Å². The second-order valence-corrected chi connectivity index (χ2v) is 5.10. The molecular weight excluding hydrogens is 174 g/mol. The van der Waals surface area contributed by atoms with Crippen LogP contribution in [-0.2, 0) is 4.79 Å². The number of carbonyl (C=O) groups is 1. The van der Waals surface area contributed by atoms with E-state index in [0.29, 0.717) is 5.75 Å². The second-order valence-electron chi connectivity index (χ2n) is 3.37. The number of rotatable bonds is 5. The minimum absolute atomic E-state index is 0.132. The zero-order valence-corrected chi connectivity index (χ0v) is 8.65. The van der Waals surface area contributed by atoms with Crippen molar-refractivity contribution in [2.24, 2.45) is 5.73 Å². The Morgan fingerprint density at radius 3 is 2.50 bits per heavy atom. The number of hydrogen-bond acceptors (Lipinski definition) is 3. The second kappa shape index (κ2) is 4.72. The quantitative estimate of drug-likeness (QED) is 0.688. The van der Waals surface area contributed by atoms with Crippen LogP contribution < -0.4 is 5.73 Å². The third-order valence-electron chi connectivity index (χ3n) is 1.82. The Hall–Kier alpha value is -0.220. The summed E-state index contributed by atoms with van der Waals surface area (Å²) in [6, 6.07) is -0.735. The summed E-state index contributed by atoms with van der Waals surface area (Å²) in [6.07, 6.45) is 1.02. The molecule has 0 saturated heterocycles. The molecule has 0 amide bonds. The van der Waals surface area contributed by atoms with E-state index in [2.05, 4.69) is 20.8 Å². The molecule has 1 atom stereocenters.